The standard InChI is InChI=1S/C15H22BrNO2S/c1-15(2)9-3-4-13(10-15)17-20(18,19)14-7-5-12(11-16)6-8-14/h5-8,13,17H,3-4,9-11H2,1-2H3. The normalized spacial score (nSPS) is 22.6. The van der Waals surface area contributed by atoms with Crippen molar-refractivity contribution in [3.63, 3.8) is 0 Å². The van der Waals surface area contributed by atoms with E-state index in [1.165, 1.54) is 6.42 Å². The predicted octanol–water partition coefficient (Wildman–Crippen LogP) is 3.83. The van der Waals surface area contributed by atoms with E-state index in [0.717, 1.165) is 30.2 Å². The number of hydrogen-bond acceptors (Lipinski definition) is 2. The van der Waals surface area contributed by atoms with Gasteiger partial charge in [0.15, 0.2) is 0 Å². The Labute approximate surface area is 130 Å². The highest BCUT2D eigenvalue weighted by Crippen LogP contribution is 2.35. The van der Waals surface area contributed by atoms with E-state index >= 15 is 0 Å². The van der Waals surface area contributed by atoms with E-state index in [2.05, 4.69) is 34.5 Å². The van der Waals surface area contributed by atoms with Gasteiger partial charge in [0.2, 0.25) is 10.0 Å². The molecular weight excluding hydrogens is 338 g/mol. The van der Waals surface area contributed by atoms with Crippen molar-refractivity contribution in [1.29, 1.82) is 0 Å². The van der Waals surface area contributed by atoms with Gasteiger partial charge in [0.25, 0.3) is 0 Å². The third-order valence-electron chi connectivity index (χ3n) is 3.91. The zero-order valence-corrected chi connectivity index (χ0v) is 14.4. The lowest BCUT2D eigenvalue weighted by atomic mass is 9.75. The zero-order valence-electron chi connectivity index (χ0n) is 12.0. The maximum absolute atomic E-state index is 12.4. The molecule has 1 aliphatic rings. The molecule has 0 heterocycles. The van der Waals surface area contributed by atoms with Gasteiger partial charge < -0.3 is 0 Å². The highest BCUT2D eigenvalue weighted by atomic mass is 79.9. The molecule has 1 aromatic carbocycles. The van der Waals surface area contributed by atoms with E-state index < -0.39 is 10.0 Å². The van der Waals surface area contributed by atoms with Crippen LogP contribution in [0, 0.1) is 5.41 Å². The summed E-state index contributed by atoms with van der Waals surface area (Å²) in [4.78, 5) is 0.352. The molecule has 0 aromatic heterocycles. The van der Waals surface area contributed by atoms with E-state index in [-0.39, 0.29) is 11.5 Å². The number of hydrogen-bond donors (Lipinski definition) is 1. The second-order valence-electron chi connectivity index (χ2n) is 6.36. The summed E-state index contributed by atoms with van der Waals surface area (Å²) in [6, 6.07) is 7.08. The molecule has 0 amide bonds. The zero-order chi connectivity index (χ0) is 14.8. The van der Waals surface area contributed by atoms with Crippen LogP contribution in [0.5, 0.6) is 0 Å². The van der Waals surface area contributed by atoms with Gasteiger partial charge in [-0.15, -0.1) is 0 Å². The largest absolute Gasteiger partial charge is 0.240 e. The Bertz CT molecular complexity index is 552. The molecule has 1 saturated carbocycles. The molecule has 1 atom stereocenters. The molecule has 1 fully saturated rings. The van der Waals surface area contributed by atoms with Gasteiger partial charge in [-0.3, -0.25) is 0 Å². The third-order valence-corrected chi connectivity index (χ3v) is 6.10. The Kier molecular flexibility index (Phi) is 4.92. The molecule has 1 aromatic rings. The van der Waals surface area contributed by atoms with Crippen molar-refractivity contribution in [3.8, 4) is 0 Å². The van der Waals surface area contributed by atoms with Gasteiger partial charge in [0.1, 0.15) is 0 Å². The summed E-state index contributed by atoms with van der Waals surface area (Å²) in [7, 11) is -3.40. The van der Waals surface area contributed by atoms with Crippen LogP contribution in [0.25, 0.3) is 0 Å². The molecule has 1 aliphatic carbocycles. The Hall–Kier alpha value is -0.390. The smallest absolute Gasteiger partial charge is 0.208 e. The lowest BCUT2D eigenvalue weighted by molar-refractivity contribution is 0.212. The fourth-order valence-corrected chi connectivity index (χ4v) is 4.49. The van der Waals surface area contributed by atoms with Gasteiger partial charge in [-0.2, -0.15) is 0 Å². The van der Waals surface area contributed by atoms with Crippen molar-refractivity contribution in [2.24, 2.45) is 5.41 Å². The van der Waals surface area contributed by atoms with Crippen molar-refractivity contribution in [2.75, 3.05) is 0 Å². The fraction of sp³-hybridized carbons (Fsp3) is 0.600. The van der Waals surface area contributed by atoms with Crippen molar-refractivity contribution in [1.82, 2.24) is 4.72 Å². The average Bonchev–Trinajstić information content (AvgIpc) is 2.37. The lowest BCUT2D eigenvalue weighted by Crippen LogP contribution is -2.40. The summed E-state index contributed by atoms with van der Waals surface area (Å²) in [6.07, 6.45) is 4.10. The number of rotatable bonds is 4. The first-order valence-electron chi connectivity index (χ1n) is 7.00. The highest BCUT2D eigenvalue weighted by Gasteiger charge is 2.30. The summed E-state index contributed by atoms with van der Waals surface area (Å²) in [5.41, 5.74) is 1.30. The van der Waals surface area contributed by atoms with Gasteiger partial charge in [-0.05, 0) is 42.4 Å². The van der Waals surface area contributed by atoms with Crippen LogP contribution in [0.2, 0.25) is 0 Å². The van der Waals surface area contributed by atoms with Crippen molar-refractivity contribution in [3.05, 3.63) is 29.8 Å². The number of sulfonamides is 1. The van der Waals surface area contributed by atoms with Crippen molar-refractivity contribution < 1.29 is 8.42 Å². The second kappa shape index (κ2) is 6.16. The van der Waals surface area contributed by atoms with Gasteiger partial charge in [-0.1, -0.05) is 48.3 Å². The topological polar surface area (TPSA) is 46.2 Å². The van der Waals surface area contributed by atoms with E-state index in [1.54, 1.807) is 12.1 Å². The van der Waals surface area contributed by atoms with Crippen LogP contribution >= 0.6 is 15.9 Å². The van der Waals surface area contributed by atoms with Gasteiger partial charge in [0.05, 0.1) is 4.90 Å². The molecule has 0 aliphatic heterocycles. The molecule has 0 spiro atoms. The Balaban J connectivity index is 2.10. The Morgan fingerprint density at radius 3 is 2.50 bits per heavy atom. The van der Waals surface area contributed by atoms with Gasteiger partial charge in [0, 0.05) is 11.4 Å². The van der Waals surface area contributed by atoms with Gasteiger partial charge >= 0.3 is 0 Å². The SMILES string of the molecule is CC1(C)CCCC(NS(=O)(=O)c2ccc(CBr)cc2)C1. The summed E-state index contributed by atoms with van der Waals surface area (Å²) in [5.74, 6) is 0. The number of alkyl halides is 1. The van der Waals surface area contributed by atoms with Crippen LogP contribution in [-0.4, -0.2) is 14.5 Å². The fourth-order valence-electron chi connectivity index (χ4n) is 2.84. The first kappa shape index (κ1) is 16.0. The minimum atomic E-state index is -3.40. The summed E-state index contributed by atoms with van der Waals surface area (Å²) in [5, 5.41) is 0.734. The summed E-state index contributed by atoms with van der Waals surface area (Å²) >= 11 is 3.36. The Morgan fingerprint density at radius 1 is 1.30 bits per heavy atom. The molecule has 1 N–H and O–H groups in total. The van der Waals surface area contributed by atoms with Crippen LogP contribution in [-0.2, 0) is 15.4 Å². The van der Waals surface area contributed by atoms with E-state index in [9.17, 15) is 8.42 Å². The monoisotopic (exact) mass is 359 g/mol. The maximum atomic E-state index is 12.4. The van der Waals surface area contributed by atoms with Gasteiger partial charge in [-0.25, -0.2) is 13.1 Å². The maximum Gasteiger partial charge on any atom is 0.240 e. The number of nitrogens with one attached hydrogen (secondary N) is 1. The second-order valence-corrected chi connectivity index (χ2v) is 8.63. The van der Waals surface area contributed by atoms with Crippen molar-refractivity contribution >= 4 is 26.0 Å². The predicted molar refractivity (Wildman–Crippen MR) is 85.4 cm³/mol. The minimum absolute atomic E-state index is 0.0552. The molecule has 5 heteroatoms. The lowest BCUT2D eigenvalue weighted by Gasteiger charge is -2.35. The van der Waals surface area contributed by atoms with Crippen molar-refractivity contribution in [2.45, 2.75) is 55.8 Å². The quantitative estimate of drug-likeness (QED) is 0.830. The molecule has 20 heavy (non-hydrogen) atoms. The molecule has 0 saturated heterocycles. The van der Waals surface area contributed by atoms with Crippen LogP contribution in [0.4, 0.5) is 0 Å². The highest BCUT2D eigenvalue weighted by molar-refractivity contribution is 9.08. The minimum Gasteiger partial charge on any atom is -0.208 e. The Morgan fingerprint density at radius 2 is 1.95 bits per heavy atom. The molecule has 2 rings (SSSR count). The first-order chi connectivity index (χ1) is 9.32. The summed E-state index contributed by atoms with van der Waals surface area (Å²) in [6.45, 7) is 4.41. The molecule has 3 nitrogen and oxygen atoms in total. The summed E-state index contributed by atoms with van der Waals surface area (Å²) < 4.78 is 27.6. The molecule has 0 bridgehead atoms. The molecule has 1 unspecified atom stereocenters. The van der Waals surface area contributed by atoms with Crippen LogP contribution < -0.4 is 4.72 Å². The third kappa shape index (κ3) is 4.06. The number of benzene rings is 1. The molecule has 0 radical (unpaired) electrons. The average molecular weight is 360 g/mol. The molecule has 112 valence electrons. The van der Waals surface area contributed by atoms with Crippen LogP contribution in [0.1, 0.15) is 45.1 Å². The van der Waals surface area contributed by atoms with E-state index in [0.29, 0.717) is 4.90 Å². The van der Waals surface area contributed by atoms with E-state index in [1.807, 2.05) is 12.1 Å². The first-order valence-corrected chi connectivity index (χ1v) is 9.60. The van der Waals surface area contributed by atoms with Crippen LogP contribution in [0.3, 0.4) is 0 Å². The van der Waals surface area contributed by atoms with E-state index in [4.69, 9.17) is 0 Å². The molecular formula is C15H22BrNO2S. The van der Waals surface area contributed by atoms with Crippen LogP contribution in [0.15, 0.2) is 29.2 Å². The number of halogens is 1.